The van der Waals surface area contributed by atoms with Crippen molar-refractivity contribution in [2.45, 2.75) is 58.0 Å². The Morgan fingerprint density at radius 3 is 2.64 bits per heavy atom. The van der Waals surface area contributed by atoms with Crippen molar-refractivity contribution in [1.29, 1.82) is 0 Å². The molecular weight excluding hydrogens is 314 g/mol. The molecule has 4 nitrogen and oxygen atoms in total. The highest BCUT2D eigenvalue weighted by Gasteiger charge is 2.28. The first-order valence-corrected chi connectivity index (χ1v) is 9.44. The molecule has 1 aliphatic heterocycles. The monoisotopic (exact) mass is 341 g/mol. The molecule has 0 saturated heterocycles. The van der Waals surface area contributed by atoms with Gasteiger partial charge in [0.05, 0.1) is 6.54 Å². The van der Waals surface area contributed by atoms with Crippen LogP contribution >= 0.6 is 0 Å². The predicted octanol–water partition coefficient (Wildman–Crippen LogP) is 4.84. The first kappa shape index (κ1) is 17.7. The van der Waals surface area contributed by atoms with Crippen LogP contribution in [-0.2, 0) is 16.1 Å². The Bertz CT molecular complexity index is 617. The summed E-state index contributed by atoms with van der Waals surface area (Å²) in [6, 6.07) is 9.51. The third kappa shape index (κ3) is 5.18. The fraction of sp³-hybridized carbons (Fsp3) is 0.524. The second-order valence-corrected chi connectivity index (χ2v) is 7.16. The Morgan fingerprint density at radius 1 is 1.12 bits per heavy atom. The number of carbonyl (C=O) groups is 2. The molecule has 1 heterocycles. The molecule has 1 aromatic carbocycles. The molecule has 1 aliphatic carbocycles. The van der Waals surface area contributed by atoms with Crippen LogP contribution in [0, 0.1) is 5.92 Å². The van der Waals surface area contributed by atoms with Crippen molar-refractivity contribution < 1.29 is 14.3 Å². The van der Waals surface area contributed by atoms with Gasteiger partial charge in [0.15, 0.2) is 0 Å². The Balaban J connectivity index is 1.39. The van der Waals surface area contributed by atoms with Crippen LogP contribution in [-0.4, -0.2) is 23.4 Å². The van der Waals surface area contributed by atoms with E-state index in [2.05, 4.69) is 0 Å². The fourth-order valence-electron chi connectivity index (χ4n) is 3.78. The number of hydrogen-bond acceptors (Lipinski definition) is 3. The molecular formula is C21H27NO3. The third-order valence-electron chi connectivity index (χ3n) is 5.22. The van der Waals surface area contributed by atoms with Crippen LogP contribution in [0.5, 0.6) is 0 Å². The molecule has 134 valence electrons. The molecule has 3 rings (SSSR count). The summed E-state index contributed by atoms with van der Waals surface area (Å²) >= 11 is 0. The molecule has 4 heteroatoms. The summed E-state index contributed by atoms with van der Waals surface area (Å²) in [5, 5.41) is 0. The number of rotatable bonds is 6. The van der Waals surface area contributed by atoms with E-state index in [1.807, 2.05) is 30.3 Å². The first-order valence-electron chi connectivity index (χ1n) is 9.44. The van der Waals surface area contributed by atoms with Crippen molar-refractivity contribution in [3.8, 4) is 0 Å². The second kappa shape index (κ2) is 8.84. The molecule has 1 aromatic rings. The van der Waals surface area contributed by atoms with Gasteiger partial charge in [-0.15, -0.1) is 0 Å². The van der Waals surface area contributed by atoms with E-state index in [0.717, 1.165) is 29.9 Å². The molecule has 1 fully saturated rings. The zero-order valence-corrected chi connectivity index (χ0v) is 14.8. The zero-order valence-electron chi connectivity index (χ0n) is 14.8. The lowest BCUT2D eigenvalue weighted by Crippen LogP contribution is -2.33. The van der Waals surface area contributed by atoms with E-state index in [0.29, 0.717) is 6.54 Å². The number of hydrogen-bond donors (Lipinski definition) is 0. The standard InChI is InChI=1S/C21H27NO3/c23-20-14-19(13-7-12-17-8-3-1-4-9-17)15-22(20)21(24)25-16-18-10-5-2-6-11-18/h2,5-6,10-11,14,17H,1,3-4,7-9,12-13,15-16H2. The van der Waals surface area contributed by atoms with Crippen LogP contribution in [0.2, 0.25) is 0 Å². The topological polar surface area (TPSA) is 46.6 Å². The molecule has 0 aromatic heterocycles. The number of benzene rings is 1. The quantitative estimate of drug-likeness (QED) is 0.743. The molecule has 0 N–H and O–H groups in total. The maximum atomic E-state index is 12.1. The maximum absolute atomic E-state index is 12.1. The Morgan fingerprint density at radius 2 is 1.88 bits per heavy atom. The lowest BCUT2D eigenvalue weighted by Gasteiger charge is -2.21. The summed E-state index contributed by atoms with van der Waals surface area (Å²) in [6.07, 6.45) is 11.2. The third-order valence-corrected chi connectivity index (χ3v) is 5.22. The van der Waals surface area contributed by atoms with Gasteiger partial charge in [-0.1, -0.05) is 68.9 Å². The summed E-state index contributed by atoms with van der Waals surface area (Å²) < 4.78 is 5.26. The maximum Gasteiger partial charge on any atom is 0.417 e. The average molecular weight is 341 g/mol. The highest BCUT2D eigenvalue weighted by Crippen LogP contribution is 2.29. The van der Waals surface area contributed by atoms with Gasteiger partial charge in [-0.25, -0.2) is 9.69 Å². The average Bonchev–Trinajstić information content (AvgIpc) is 3.02. The molecule has 0 unspecified atom stereocenters. The van der Waals surface area contributed by atoms with E-state index in [-0.39, 0.29) is 12.5 Å². The first-order chi connectivity index (χ1) is 12.2. The van der Waals surface area contributed by atoms with E-state index in [4.69, 9.17) is 4.74 Å². The largest absolute Gasteiger partial charge is 0.444 e. The number of amides is 2. The minimum absolute atomic E-state index is 0.195. The molecule has 25 heavy (non-hydrogen) atoms. The fourth-order valence-corrected chi connectivity index (χ4v) is 3.78. The summed E-state index contributed by atoms with van der Waals surface area (Å²) in [5.74, 6) is 0.615. The highest BCUT2D eigenvalue weighted by atomic mass is 16.6. The van der Waals surface area contributed by atoms with Gasteiger partial charge in [0.1, 0.15) is 6.61 Å². The Labute approximate surface area is 149 Å². The van der Waals surface area contributed by atoms with Gasteiger partial charge in [-0.05, 0) is 29.9 Å². The number of nitrogens with zero attached hydrogens (tertiary/aromatic N) is 1. The van der Waals surface area contributed by atoms with Crippen LogP contribution in [0.3, 0.4) is 0 Å². The zero-order chi connectivity index (χ0) is 17.5. The lowest BCUT2D eigenvalue weighted by molar-refractivity contribution is -0.123. The smallest absolute Gasteiger partial charge is 0.417 e. The van der Waals surface area contributed by atoms with E-state index >= 15 is 0 Å². The predicted molar refractivity (Wildman–Crippen MR) is 96.8 cm³/mol. The van der Waals surface area contributed by atoms with Crippen molar-refractivity contribution in [1.82, 2.24) is 4.90 Å². The summed E-state index contributed by atoms with van der Waals surface area (Å²) in [4.78, 5) is 25.4. The summed E-state index contributed by atoms with van der Waals surface area (Å²) in [5.41, 5.74) is 1.97. The SMILES string of the molecule is O=C1C=C(CCCC2CCCCC2)CN1C(=O)OCc1ccccc1. The van der Waals surface area contributed by atoms with E-state index in [9.17, 15) is 9.59 Å². The molecule has 0 radical (unpaired) electrons. The van der Waals surface area contributed by atoms with E-state index < -0.39 is 6.09 Å². The minimum Gasteiger partial charge on any atom is -0.444 e. The number of imide groups is 1. The van der Waals surface area contributed by atoms with Crippen LogP contribution < -0.4 is 0 Å². The van der Waals surface area contributed by atoms with Gasteiger partial charge in [-0.3, -0.25) is 4.79 Å². The van der Waals surface area contributed by atoms with Gasteiger partial charge in [-0.2, -0.15) is 0 Å². The summed E-state index contributed by atoms with van der Waals surface area (Å²) in [7, 11) is 0. The van der Waals surface area contributed by atoms with Gasteiger partial charge in [0.2, 0.25) is 0 Å². The van der Waals surface area contributed by atoms with Crippen molar-refractivity contribution >= 4 is 12.0 Å². The molecule has 0 spiro atoms. The molecule has 2 amide bonds. The Hall–Kier alpha value is -2.10. The van der Waals surface area contributed by atoms with E-state index in [1.54, 1.807) is 6.08 Å². The Kier molecular flexibility index (Phi) is 6.26. The molecule has 0 atom stereocenters. The van der Waals surface area contributed by atoms with Crippen LogP contribution in [0.15, 0.2) is 42.0 Å². The molecule has 2 aliphatic rings. The van der Waals surface area contributed by atoms with Crippen molar-refractivity contribution in [2.24, 2.45) is 5.92 Å². The van der Waals surface area contributed by atoms with E-state index in [1.165, 1.54) is 43.4 Å². The van der Waals surface area contributed by atoms with Crippen molar-refractivity contribution in [2.75, 3.05) is 6.54 Å². The van der Waals surface area contributed by atoms with Gasteiger partial charge >= 0.3 is 6.09 Å². The lowest BCUT2D eigenvalue weighted by atomic mass is 9.85. The van der Waals surface area contributed by atoms with Gasteiger partial charge in [0, 0.05) is 6.08 Å². The minimum atomic E-state index is -0.549. The van der Waals surface area contributed by atoms with Crippen LogP contribution in [0.1, 0.15) is 56.9 Å². The van der Waals surface area contributed by atoms with Gasteiger partial charge < -0.3 is 4.74 Å². The highest BCUT2D eigenvalue weighted by molar-refractivity contribution is 6.01. The molecule has 1 saturated carbocycles. The van der Waals surface area contributed by atoms with Crippen molar-refractivity contribution in [3.05, 3.63) is 47.5 Å². The summed E-state index contributed by atoms with van der Waals surface area (Å²) in [6.45, 7) is 0.581. The van der Waals surface area contributed by atoms with Gasteiger partial charge in [0.25, 0.3) is 5.91 Å². The molecule has 0 bridgehead atoms. The number of carbonyl (C=O) groups excluding carboxylic acids is 2. The second-order valence-electron chi connectivity index (χ2n) is 7.16. The van der Waals surface area contributed by atoms with Crippen LogP contribution in [0.4, 0.5) is 4.79 Å². The van der Waals surface area contributed by atoms with Crippen molar-refractivity contribution in [3.63, 3.8) is 0 Å². The van der Waals surface area contributed by atoms with Crippen LogP contribution in [0.25, 0.3) is 0 Å². The number of ether oxygens (including phenoxy) is 1. The normalized spacial score (nSPS) is 18.3.